The van der Waals surface area contributed by atoms with Crippen molar-refractivity contribution in [1.82, 2.24) is 20.1 Å². The van der Waals surface area contributed by atoms with Crippen LogP contribution in [0.15, 0.2) is 48.5 Å². The molecular formula is C28H32N4O. The highest BCUT2D eigenvalue weighted by Crippen LogP contribution is 2.29. The minimum atomic E-state index is -0.0139. The molecule has 4 aromatic rings. The normalized spacial score (nSPS) is 12.2. The van der Waals surface area contributed by atoms with Gasteiger partial charge in [-0.1, -0.05) is 36.4 Å². The zero-order chi connectivity index (χ0) is 23.7. The smallest absolute Gasteiger partial charge is 0.220 e. The second-order valence-electron chi connectivity index (χ2n) is 8.97. The molecule has 0 aliphatic rings. The SMILES string of the molecule is Cc1ccc(-n2nc(C)c3c(C)c(CCC(=O)N[C@H](C)c4ccccc4)c(C)nc32)cc1C. The van der Waals surface area contributed by atoms with Crippen molar-refractivity contribution in [1.29, 1.82) is 0 Å². The Morgan fingerprint density at radius 1 is 0.970 bits per heavy atom. The highest BCUT2D eigenvalue weighted by atomic mass is 16.1. The van der Waals surface area contributed by atoms with Crippen molar-refractivity contribution in [2.75, 3.05) is 0 Å². The van der Waals surface area contributed by atoms with E-state index < -0.39 is 0 Å². The Hall–Kier alpha value is -3.47. The number of aromatic nitrogens is 3. The maximum Gasteiger partial charge on any atom is 0.220 e. The van der Waals surface area contributed by atoms with Crippen LogP contribution in [0.25, 0.3) is 16.7 Å². The topological polar surface area (TPSA) is 59.8 Å². The number of hydrogen-bond acceptors (Lipinski definition) is 3. The highest BCUT2D eigenvalue weighted by Gasteiger charge is 2.19. The largest absolute Gasteiger partial charge is 0.350 e. The monoisotopic (exact) mass is 440 g/mol. The fraction of sp³-hybridized carbons (Fsp3) is 0.321. The van der Waals surface area contributed by atoms with E-state index in [1.54, 1.807) is 0 Å². The molecule has 5 heteroatoms. The Labute approximate surface area is 195 Å². The van der Waals surface area contributed by atoms with Gasteiger partial charge in [0.2, 0.25) is 5.91 Å². The van der Waals surface area contributed by atoms with Gasteiger partial charge in [0, 0.05) is 17.5 Å². The Morgan fingerprint density at radius 3 is 2.39 bits per heavy atom. The summed E-state index contributed by atoms with van der Waals surface area (Å²) in [6.45, 7) is 12.4. The summed E-state index contributed by atoms with van der Waals surface area (Å²) >= 11 is 0. The molecule has 0 aliphatic heterocycles. The molecule has 0 saturated carbocycles. The maximum absolute atomic E-state index is 12.7. The fourth-order valence-electron chi connectivity index (χ4n) is 4.49. The Kier molecular flexibility index (Phi) is 6.32. The molecule has 1 N–H and O–H groups in total. The van der Waals surface area contributed by atoms with Crippen LogP contribution in [0.1, 0.15) is 58.6 Å². The summed E-state index contributed by atoms with van der Waals surface area (Å²) in [5, 5.41) is 9.01. The molecule has 0 aliphatic carbocycles. The molecule has 0 bridgehead atoms. The van der Waals surface area contributed by atoms with Crippen LogP contribution in [0.2, 0.25) is 0 Å². The third kappa shape index (κ3) is 4.54. The molecule has 1 atom stereocenters. The fourth-order valence-corrected chi connectivity index (χ4v) is 4.49. The first kappa shape index (κ1) is 22.7. The lowest BCUT2D eigenvalue weighted by atomic mass is 9.99. The average Bonchev–Trinajstić information content (AvgIpc) is 3.12. The number of rotatable bonds is 6. The van der Waals surface area contributed by atoms with Crippen LogP contribution in [-0.2, 0) is 11.2 Å². The highest BCUT2D eigenvalue weighted by molar-refractivity contribution is 5.85. The van der Waals surface area contributed by atoms with E-state index in [2.05, 4.69) is 44.3 Å². The van der Waals surface area contributed by atoms with E-state index in [1.165, 1.54) is 11.1 Å². The van der Waals surface area contributed by atoms with Gasteiger partial charge in [-0.05, 0) is 87.9 Å². The van der Waals surface area contributed by atoms with Crippen LogP contribution in [-0.4, -0.2) is 20.7 Å². The van der Waals surface area contributed by atoms with Gasteiger partial charge in [0.05, 0.1) is 17.4 Å². The molecule has 33 heavy (non-hydrogen) atoms. The van der Waals surface area contributed by atoms with Crippen LogP contribution < -0.4 is 5.32 Å². The van der Waals surface area contributed by atoms with E-state index >= 15 is 0 Å². The minimum Gasteiger partial charge on any atom is -0.350 e. The number of hydrogen-bond donors (Lipinski definition) is 1. The number of aryl methyl sites for hydroxylation is 5. The zero-order valence-electron chi connectivity index (χ0n) is 20.4. The van der Waals surface area contributed by atoms with Gasteiger partial charge in [0.1, 0.15) is 0 Å². The predicted octanol–water partition coefficient (Wildman–Crippen LogP) is 5.77. The van der Waals surface area contributed by atoms with Crippen LogP contribution in [0, 0.1) is 34.6 Å². The molecule has 0 unspecified atom stereocenters. The van der Waals surface area contributed by atoms with E-state index in [-0.39, 0.29) is 11.9 Å². The number of pyridine rings is 1. The summed E-state index contributed by atoms with van der Waals surface area (Å²) in [5.74, 6) is 0.0489. The molecule has 2 aromatic heterocycles. The Bertz CT molecular complexity index is 1320. The molecule has 4 rings (SSSR count). The molecule has 0 spiro atoms. The standard InChI is InChI=1S/C28H32N4O/c1-17-12-13-24(16-18(17)2)32-28-27(22(6)31-32)19(3)25(21(5)30-28)14-15-26(33)29-20(4)23-10-8-7-9-11-23/h7-13,16,20H,14-15H2,1-6H3,(H,29,33)/t20-/m1/s1. The van der Waals surface area contributed by atoms with Gasteiger partial charge in [0.25, 0.3) is 0 Å². The Balaban J connectivity index is 1.58. The summed E-state index contributed by atoms with van der Waals surface area (Å²) in [6.07, 6.45) is 1.08. The van der Waals surface area contributed by atoms with Gasteiger partial charge < -0.3 is 5.32 Å². The zero-order valence-corrected chi connectivity index (χ0v) is 20.4. The van der Waals surface area contributed by atoms with E-state index in [0.29, 0.717) is 12.8 Å². The molecule has 2 heterocycles. The summed E-state index contributed by atoms with van der Waals surface area (Å²) in [4.78, 5) is 17.6. The van der Waals surface area contributed by atoms with Crippen LogP contribution in [0.3, 0.4) is 0 Å². The van der Waals surface area contributed by atoms with Crippen molar-refractivity contribution in [2.24, 2.45) is 0 Å². The lowest BCUT2D eigenvalue weighted by Crippen LogP contribution is -2.27. The van der Waals surface area contributed by atoms with Crippen LogP contribution in [0.5, 0.6) is 0 Å². The van der Waals surface area contributed by atoms with E-state index in [0.717, 1.165) is 44.8 Å². The van der Waals surface area contributed by atoms with Crippen LogP contribution >= 0.6 is 0 Å². The van der Waals surface area contributed by atoms with Gasteiger partial charge in [0.15, 0.2) is 5.65 Å². The molecule has 1 amide bonds. The summed E-state index contributed by atoms with van der Waals surface area (Å²) in [7, 11) is 0. The second-order valence-corrected chi connectivity index (χ2v) is 8.97. The third-order valence-corrected chi connectivity index (χ3v) is 6.59. The molecule has 5 nitrogen and oxygen atoms in total. The molecular weight excluding hydrogens is 408 g/mol. The Morgan fingerprint density at radius 2 is 1.70 bits per heavy atom. The number of nitrogens with zero attached hydrogens (tertiary/aromatic N) is 3. The van der Waals surface area contributed by atoms with Gasteiger partial charge in [-0.2, -0.15) is 5.10 Å². The first-order valence-electron chi connectivity index (χ1n) is 11.5. The first-order chi connectivity index (χ1) is 15.8. The number of amides is 1. The summed E-state index contributed by atoms with van der Waals surface area (Å²) < 4.78 is 1.94. The van der Waals surface area contributed by atoms with Crippen molar-refractivity contribution in [3.05, 3.63) is 87.7 Å². The van der Waals surface area contributed by atoms with Gasteiger partial charge in [-0.3, -0.25) is 4.79 Å². The van der Waals surface area contributed by atoms with E-state index in [9.17, 15) is 4.79 Å². The third-order valence-electron chi connectivity index (χ3n) is 6.59. The number of fused-ring (bicyclic) bond motifs is 1. The molecule has 2 aromatic carbocycles. The molecule has 0 fully saturated rings. The maximum atomic E-state index is 12.7. The molecule has 0 saturated heterocycles. The average molecular weight is 441 g/mol. The summed E-state index contributed by atoms with van der Waals surface area (Å²) in [6, 6.07) is 16.4. The number of carbonyl (C=O) groups excluding carboxylic acids is 1. The van der Waals surface area contributed by atoms with Crippen molar-refractivity contribution in [2.45, 2.75) is 60.4 Å². The quantitative estimate of drug-likeness (QED) is 0.414. The van der Waals surface area contributed by atoms with E-state index in [1.807, 2.05) is 55.8 Å². The van der Waals surface area contributed by atoms with Crippen molar-refractivity contribution < 1.29 is 4.79 Å². The lowest BCUT2D eigenvalue weighted by molar-refractivity contribution is -0.121. The first-order valence-corrected chi connectivity index (χ1v) is 11.5. The molecule has 0 radical (unpaired) electrons. The van der Waals surface area contributed by atoms with Crippen LogP contribution in [0.4, 0.5) is 0 Å². The number of carbonyl (C=O) groups is 1. The van der Waals surface area contributed by atoms with Gasteiger partial charge in [-0.25, -0.2) is 9.67 Å². The van der Waals surface area contributed by atoms with Crippen molar-refractivity contribution >= 4 is 16.9 Å². The second kappa shape index (κ2) is 9.18. The summed E-state index contributed by atoms with van der Waals surface area (Å²) in [5.41, 5.74) is 9.69. The predicted molar refractivity (Wildman–Crippen MR) is 134 cm³/mol. The number of nitrogens with one attached hydrogen (secondary N) is 1. The van der Waals surface area contributed by atoms with Crippen molar-refractivity contribution in [3.63, 3.8) is 0 Å². The minimum absolute atomic E-state index is 0.0139. The van der Waals surface area contributed by atoms with Crippen molar-refractivity contribution in [3.8, 4) is 5.69 Å². The molecule has 170 valence electrons. The van der Waals surface area contributed by atoms with Gasteiger partial charge in [-0.15, -0.1) is 0 Å². The van der Waals surface area contributed by atoms with Gasteiger partial charge >= 0.3 is 0 Å². The van der Waals surface area contributed by atoms with E-state index in [4.69, 9.17) is 10.1 Å². The lowest BCUT2D eigenvalue weighted by Gasteiger charge is -2.15. The number of benzene rings is 2.